The number of hydrogen-bond acceptors (Lipinski definition) is 4. The molecular formula is C22H20FN5. The number of aryl methyl sites for hydroxylation is 1. The van der Waals surface area contributed by atoms with Crippen LogP contribution in [0.25, 0.3) is 10.9 Å². The molecule has 5 rings (SSSR count). The van der Waals surface area contributed by atoms with Crippen molar-refractivity contribution in [1.29, 1.82) is 0 Å². The summed E-state index contributed by atoms with van der Waals surface area (Å²) in [5.41, 5.74) is 3.46. The number of halogens is 1. The summed E-state index contributed by atoms with van der Waals surface area (Å²) in [7, 11) is 0. The second-order valence-corrected chi connectivity index (χ2v) is 7.19. The number of hydrogen-bond donors (Lipinski definition) is 0. The molecule has 0 saturated heterocycles. The normalized spacial score (nSPS) is 13.7. The molecule has 0 atom stereocenters. The van der Waals surface area contributed by atoms with Crippen molar-refractivity contribution >= 4 is 16.6 Å². The molecule has 0 unspecified atom stereocenters. The fourth-order valence-electron chi connectivity index (χ4n) is 3.91. The van der Waals surface area contributed by atoms with Crippen molar-refractivity contribution in [1.82, 2.24) is 19.7 Å². The Hall–Kier alpha value is -3.28. The molecule has 0 spiro atoms. The first-order chi connectivity index (χ1) is 13.7. The van der Waals surface area contributed by atoms with Gasteiger partial charge >= 0.3 is 0 Å². The summed E-state index contributed by atoms with van der Waals surface area (Å²) < 4.78 is 16.5. The van der Waals surface area contributed by atoms with Crippen molar-refractivity contribution in [2.45, 2.75) is 26.4 Å². The topological polar surface area (TPSA) is 46.8 Å². The Morgan fingerprint density at radius 2 is 1.86 bits per heavy atom. The number of anilines is 1. The Balaban J connectivity index is 1.48. The zero-order valence-corrected chi connectivity index (χ0v) is 15.6. The molecule has 0 bridgehead atoms. The van der Waals surface area contributed by atoms with Gasteiger partial charge in [-0.3, -0.25) is 0 Å². The van der Waals surface area contributed by atoms with Crippen LogP contribution >= 0.6 is 0 Å². The van der Waals surface area contributed by atoms with E-state index in [-0.39, 0.29) is 5.82 Å². The number of rotatable bonds is 3. The van der Waals surface area contributed by atoms with E-state index < -0.39 is 0 Å². The van der Waals surface area contributed by atoms with E-state index in [2.05, 4.69) is 36.8 Å². The van der Waals surface area contributed by atoms with Gasteiger partial charge in [0.1, 0.15) is 17.2 Å². The molecule has 0 aliphatic carbocycles. The molecule has 2 aromatic carbocycles. The van der Waals surface area contributed by atoms with Gasteiger partial charge in [-0.05, 0) is 24.6 Å². The number of para-hydroxylation sites is 1. The smallest absolute Gasteiger partial charge is 0.152 e. The van der Waals surface area contributed by atoms with E-state index >= 15 is 0 Å². The quantitative estimate of drug-likeness (QED) is 0.547. The standard InChI is InChI=1S/C22H20FN5/c1-15-12-19(17-8-5-9-18(23)22(17)24-15)27-10-11-28-20(25-26-21(28)14-27)13-16-6-3-2-4-7-16/h2-9,12H,10-11,13-14H2,1H3. The lowest BCUT2D eigenvalue weighted by Crippen LogP contribution is -2.34. The highest BCUT2D eigenvalue weighted by molar-refractivity contribution is 5.92. The predicted molar refractivity (Wildman–Crippen MR) is 107 cm³/mol. The number of aromatic nitrogens is 4. The van der Waals surface area contributed by atoms with E-state index in [0.29, 0.717) is 12.1 Å². The summed E-state index contributed by atoms with van der Waals surface area (Å²) >= 11 is 0. The molecule has 0 radical (unpaired) electrons. The van der Waals surface area contributed by atoms with Gasteiger partial charge in [-0.2, -0.15) is 0 Å². The molecule has 4 aromatic rings. The van der Waals surface area contributed by atoms with Crippen LogP contribution in [0.15, 0.2) is 54.6 Å². The van der Waals surface area contributed by atoms with Crippen LogP contribution in [0.3, 0.4) is 0 Å². The second kappa shape index (κ2) is 6.71. The van der Waals surface area contributed by atoms with Crippen molar-refractivity contribution in [3.63, 3.8) is 0 Å². The maximum absolute atomic E-state index is 14.3. The first-order valence-corrected chi connectivity index (χ1v) is 9.45. The Labute approximate surface area is 162 Å². The van der Waals surface area contributed by atoms with Crippen molar-refractivity contribution in [2.24, 2.45) is 0 Å². The zero-order valence-electron chi connectivity index (χ0n) is 15.6. The molecular weight excluding hydrogens is 353 g/mol. The van der Waals surface area contributed by atoms with Crippen LogP contribution in [-0.2, 0) is 19.5 Å². The van der Waals surface area contributed by atoms with E-state index in [1.807, 2.05) is 37.3 Å². The van der Waals surface area contributed by atoms with Gasteiger partial charge in [0.05, 0.1) is 6.54 Å². The minimum Gasteiger partial charge on any atom is -0.362 e. The maximum atomic E-state index is 14.3. The summed E-state index contributed by atoms with van der Waals surface area (Å²) in [5.74, 6) is 1.65. The molecule has 28 heavy (non-hydrogen) atoms. The van der Waals surface area contributed by atoms with Crippen LogP contribution in [0.5, 0.6) is 0 Å². The van der Waals surface area contributed by atoms with Crippen LogP contribution in [0, 0.1) is 12.7 Å². The third-order valence-corrected chi connectivity index (χ3v) is 5.27. The fraction of sp³-hybridized carbons (Fsp3) is 0.227. The lowest BCUT2D eigenvalue weighted by molar-refractivity contribution is 0.547. The van der Waals surface area contributed by atoms with Gasteiger partial charge in [0.25, 0.3) is 0 Å². The third-order valence-electron chi connectivity index (χ3n) is 5.27. The van der Waals surface area contributed by atoms with Crippen molar-refractivity contribution in [3.8, 4) is 0 Å². The first-order valence-electron chi connectivity index (χ1n) is 9.45. The van der Waals surface area contributed by atoms with Crippen LogP contribution in [-0.4, -0.2) is 26.3 Å². The molecule has 1 aliphatic heterocycles. The van der Waals surface area contributed by atoms with Gasteiger partial charge in [-0.25, -0.2) is 9.37 Å². The van der Waals surface area contributed by atoms with E-state index in [9.17, 15) is 4.39 Å². The Bertz CT molecular complexity index is 1150. The molecule has 0 fully saturated rings. The van der Waals surface area contributed by atoms with Crippen LogP contribution in [0.1, 0.15) is 22.9 Å². The number of nitrogens with zero attached hydrogens (tertiary/aromatic N) is 5. The molecule has 0 N–H and O–H groups in total. The highest BCUT2D eigenvalue weighted by Crippen LogP contribution is 2.30. The monoisotopic (exact) mass is 373 g/mol. The van der Waals surface area contributed by atoms with Gasteiger partial charge in [0, 0.05) is 36.3 Å². The molecule has 2 aromatic heterocycles. The number of fused-ring (bicyclic) bond motifs is 2. The summed E-state index contributed by atoms with van der Waals surface area (Å²) in [6.45, 7) is 4.18. The highest BCUT2D eigenvalue weighted by atomic mass is 19.1. The maximum Gasteiger partial charge on any atom is 0.152 e. The SMILES string of the molecule is Cc1cc(N2CCn3c(Cc4ccccc4)nnc3C2)c2cccc(F)c2n1. The summed E-state index contributed by atoms with van der Waals surface area (Å²) in [6, 6.07) is 17.5. The summed E-state index contributed by atoms with van der Waals surface area (Å²) in [4.78, 5) is 6.63. The van der Waals surface area contributed by atoms with Crippen molar-refractivity contribution < 1.29 is 4.39 Å². The molecule has 3 heterocycles. The van der Waals surface area contributed by atoms with E-state index in [1.54, 1.807) is 6.07 Å². The van der Waals surface area contributed by atoms with Gasteiger partial charge in [0.15, 0.2) is 5.82 Å². The van der Waals surface area contributed by atoms with Gasteiger partial charge in [0.2, 0.25) is 0 Å². The Morgan fingerprint density at radius 3 is 2.71 bits per heavy atom. The molecule has 1 aliphatic rings. The minimum atomic E-state index is -0.284. The number of benzene rings is 2. The van der Waals surface area contributed by atoms with Crippen LogP contribution in [0.4, 0.5) is 10.1 Å². The van der Waals surface area contributed by atoms with Crippen LogP contribution < -0.4 is 4.90 Å². The lowest BCUT2D eigenvalue weighted by atomic mass is 10.1. The Morgan fingerprint density at radius 1 is 1.00 bits per heavy atom. The van der Waals surface area contributed by atoms with Gasteiger partial charge in [-0.1, -0.05) is 42.5 Å². The summed E-state index contributed by atoms with van der Waals surface area (Å²) in [6.07, 6.45) is 0.774. The molecule has 0 saturated carbocycles. The van der Waals surface area contributed by atoms with Crippen LogP contribution in [0.2, 0.25) is 0 Å². The van der Waals surface area contributed by atoms with Gasteiger partial charge in [-0.15, -0.1) is 10.2 Å². The fourth-order valence-corrected chi connectivity index (χ4v) is 3.91. The molecule has 6 heteroatoms. The molecule has 5 nitrogen and oxygen atoms in total. The number of pyridine rings is 1. The third kappa shape index (κ3) is 2.91. The highest BCUT2D eigenvalue weighted by Gasteiger charge is 2.23. The average Bonchev–Trinajstić information content (AvgIpc) is 3.11. The second-order valence-electron chi connectivity index (χ2n) is 7.19. The average molecular weight is 373 g/mol. The first kappa shape index (κ1) is 16.9. The zero-order chi connectivity index (χ0) is 19.1. The van der Waals surface area contributed by atoms with E-state index in [0.717, 1.165) is 47.9 Å². The molecule has 0 amide bonds. The van der Waals surface area contributed by atoms with E-state index in [1.165, 1.54) is 11.6 Å². The predicted octanol–water partition coefficient (Wildman–Crippen LogP) is 3.88. The molecule has 140 valence electrons. The largest absolute Gasteiger partial charge is 0.362 e. The Kier molecular flexibility index (Phi) is 4.04. The van der Waals surface area contributed by atoms with E-state index in [4.69, 9.17) is 0 Å². The van der Waals surface area contributed by atoms with Crippen molar-refractivity contribution in [3.05, 3.63) is 83.3 Å². The lowest BCUT2D eigenvalue weighted by Gasteiger charge is -2.30. The minimum absolute atomic E-state index is 0.284. The van der Waals surface area contributed by atoms with Crippen molar-refractivity contribution in [2.75, 3.05) is 11.4 Å². The summed E-state index contributed by atoms with van der Waals surface area (Å²) in [5, 5.41) is 9.70. The van der Waals surface area contributed by atoms with Gasteiger partial charge < -0.3 is 9.47 Å².